The highest BCUT2D eigenvalue weighted by molar-refractivity contribution is 5.87. The maximum atomic E-state index is 11.1. The molecule has 2 N–H and O–H groups in total. The normalized spacial score (nSPS) is 18.8. The average Bonchev–Trinajstić information content (AvgIpc) is 3.33. The van der Waals surface area contributed by atoms with Crippen LogP contribution in [0.5, 0.6) is 0 Å². The highest BCUT2D eigenvalue weighted by atomic mass is 16.4. The monoisotopic (exact) mass is 326 g/mol. The lowest BCUT2D eigenvalue weighted by Crippen LogP contribution is -2.46. The number of carbonyl (C=O) groups is 1. The zero-order valence-electron chi connectivity index (χ0n) is 13.6. The number of carboxylic acid groups (broad SMARTS) is 1. The van der Waals surface area contributed by atoms with Crippen LogP contribution in [0.2, 0.25) is 0 Å². The fraction of sp³-hybridized carbons (Fsp3) is 0.444. The summed E-state index contributed by atoms with van der Waals surface area (Å²) in [5.74, 6) is 0.894. The molecular weight excluding hydrogens is 304 g/mol. The van der Waals surface area contributed by atoms with Crippen LogP contribution < -0.4 is 4.90 Å². The van der Waals surface area contributed by atoms with E-state index in [2.05, 4.69) is 26.1 Å². The van der Waals surface area contributed by atoms with Gasteiger partial charge in [-0.3, -0.25) is 10.00 Å². The van der Waals surface area contributed by atoms with Crippen LogP contribution in [0.4, 0.5) is 5.82 Å². The number of H-pyrrole nitrogens is 1. The predicted octanol–water partition coefficient (Wildman–Crippen LogP) is 2.31. The minimum Gasteiger partial charge on any atom is -0.478 e. The third-order valence-electron chi connectivity index (χ3n) is 4.88. The summed E-state index contributed by atoms with van der Waals surface area (Å²) in [5.41, 5.74) is 2.69. The summed E-state index contributed by atoms with van der Waals surface area (Å²) in [6, 6.07) is 9.42. The van der Waals surface area contributed by atoms with Gasteiger partial charge in [0.1, 0.15) is 0 Å². The molecule has 6 heteroatoms. The second-order valence-electron chi connectivity index (χ2n) is 6.72. The quantitative estimate of drug-likeness (QED) is 0.882. The van der Waals surface area contributed by atoms with Gasteiger partial charge in [-0.25, -0.2) is 4.79 Å². The number of carboxylic acids is 1. The summed E-state index contributed by atoms with van der Waals surface area (Å²) >= 11 is 0. The van der Waals surface area contributed by atoms with Gasteiger partial charge in [-0.05, 0) is 30.5 Å². The Labute approximate surface area is 141 Å². The van der Waals surface area contributed by atoms with Gasteiger partial charge in [-0.1, -0.05) is 12.1 Å². The zero-order valence-corrected chi connectivity index (χ0v) is 13.6. The number of hydrogen-bond acceptors (Lipinski definition) is 4. The average molecular weight is 326 g/mol. The summed E-state index contributed by atoms with van der Waals surface area (Å²) < 4.78 is 0. The number of rotatable bonds is 5. The molecule has 126 valence electrons. The van der Waals surface area contributed by atoms with E-state index in [0.717, 1.165) is 44.1 Å². The molecule has 1 aromatic carbocycles. The first-order chi connectivity index (χ1) is 11.7. The van der Waals surface area contributed by atoms with Crippen molar-refractivity contribution >= 4 is 11.8 Å². The second kappa shape index (κ2) is 6.28. The van der Waals surface area contributed by atoms with Crippen molar-refractivity contribution in [3.05, 3.63) is 47.2 Å². The maximum Gasteiger partial charge on any atom is 0.335 e. The Morgan fingerprint density at radius 3 is 2.71 bits per heavy atom. The fourth-order valence-electron chi connectivity index (χ4n) is 3.29. The molecule has 0 radical (unpaired) electrons. The number of aromatic nitrogens is 2. The van der Waals surface area contributed by atoms with E-state index in [0.29, 0.717) is 11.5 Å². The molecule has 2 aromatic rings. The van der Waals surface area contributed by atoms with Crippen molar-refractivity contribution in [3.8, 4) is 0 Å². The van der Waals surface area contributed by atoms with Gasteiger partial charge in [0.15, 0.2) is 5.82 Å². The first-order valence-electron chi connectivity index (χ1n) is 8.54. The Hall–Kier alpha value is -2.34. The number of anilines is 1. The molecule has 0 unspecified atom stereocenters. The Bertz CT molecular complexity index is 730. The van der Waals surface area contributed by atoms with E-state index < -0.39 is 5.97 Å². The molecule has 1 aliphatic heterocycles. The van der Waals surface area contributed by atoms with Crippen molar-refractivity contribution in [1.29, 1.82) is 0 Å². The molecule has 6 nitrogen and oxygen atoms in total. The van der Waals surface area contributed by atoms with Gasteiger partial charge in [-0.2, -0.15) is 5.10 Å². The molecule has 0 atom stereocenters. The van der Waals surface area contributed by atoms with Crippen molar-refractivity contribution < 1.29 is 9.90 Å². The molecular formula is C18H22N4O2. The van der Waals surface area contributed by atoms with E-state index in [-0.39, 0.29) is 0 Å². The highest BCUT2D eigenvalue weighted by Gasteiger charge is 2.27. The van der Waals surface area contributed by atoms with Gasteiger partial charge < -0.3 is 10.0 Å². The summed E-state index contributed by atoms with van der Waals surface area (Å²) in [6.45, 7) is 4.62. The smallest absolute Gasteiger partial charge is 0.335 e. The van der Waals surface area contributed by atoms with Crippen LogP contribution in [0.1, 0.15) is 40.4 Å². The van der Waals surface area contributed by atoms with E-state index in [1.165, 1.54) is 18.5 Å². The van der Waals surface area contributed by atoms with Crippen LogP contribution >= 0.6 is 0 Å². The SMILES string of the molecule is O=C(O)c1cccc(CN2CCN(c3cc(C4CC4)[nH]n3)CC2)c1. The number of nitrogens with zero attached hydrogens (tertiary/aromatic N) is 3. The van der Waals surface area contributed by atoms with Crippen LogP contribution in [0.25, 0.3) is 0 Å². The Kier molecular flexibility index (Phi) is 3.98. The molecule has 0 spiro atoms. The molecule has 4 rings (SSSR count). The minimum atomic E-state index is -0.869. The highest BCUT2D eigenvalue weighted by Crippen LogP contribution is 2.39. The van der Waals surface area contributed by atoms with Gasteiger partial charge in [0.2, 0.25) is 0 Å². The summed E-state index contributed by atoms with van der Waals surface area (Å²) in [5, 5.41) is 16.7. The first-order valence-corrected chi connectivity index (χ1v) is 8.54. The summed E-state index contributed by atoms with van der Waals surface area (Å²) in [6.07, 6.45) is 2.57. The molecule has 1 saturated carbocycles. The molecule has 1 saturated heterocycles. The molecule has 1 aromatic heterocycles. The van der Waals surface area contributed by atoms with E-state index in [1.54, 1.807) is 12.1 Å². The molecule has 1 aliphatic carbocycles. The second-order valence-corrected chi connectivity index (χ2v) is 6.72. The lowest BCUT2D eigenvalue weighted by atomic mass is 10.1. The summed E-state index contributed by atoms with van der Waals surface area (Å²) in [7, 11) is 0. The van der Waals surface area contributed by atoms with Crippen molar-refractivity contribution in [2.45, 2.75) is 25.3 Å². The third kappa shape index (κ3) is 3.28. The first kappa shape index (κ1) is 15.2. The molecule has 2 heterocycles. The molecule has 0 amide bonds. The summed E-state index contributed by atoms with van der Waals surface area (Å²) in [4.78, 5) is 15.8. The molecule has 0 bridgehead atoms. The Morgan fingerprint density at radius 2 is 2.00 bits per heavy atom. The van der Waals surface area contributed by atoms with Crippen LogP contribution in [-0.4, -0.2) is 52.4 Å². The maximum absolute atomic E-state index is 11.1. The van der Waals surface area contributed by atoms with Crippen LogP contribution in [0.3, 0.4) is 0 Å². The zero-order chi connectivity index (χ0) is 16.5. The topological polar surface area (TPSA) is 72.5 Å². The minimum absolute atomic E-state index is 0.357. The van der Waals surface area contributed by atoms with Crippen molar-refractivity contribution in [2.75, 3.05) is 31.1 Å². The Balaban J connectivity index is 1.34. The largest absolute Gasteiger partial charge is 0.478 e. The van der Waals surface area contributed by atoms with E-state index in [4.69, 9.17) is 5.11 Å². The third-order valence-corrected chi connectivity index (χ3v) is 4.88. The van der Waals surface area contributed by atoms with Crippen LogP contribution in [0.15, 0.2) is 30.3 Å². The number of piperazine rings is 1. The van der Waals surface area contributed by atoms with Crippen molar-refractivity contribution in [2.24, 2.45) is 0 Å². The lowest BCUT2D eigenvalue weighted by Gasteiger charge is -2.34. The van der Waals surface area contributed by atoms with Gasteiger partial charge >= 0.3 is 5.97 Å². The number of aromatic amines is 1. The standard InChI is InChI=1S/C18H22N4O2/c23-18(24)15-3-1-2-13(10-15)12-21-6-8-22(9-7-21)17-11-16(19-20-17)14-4-5-14/h1-3,10-11,14H,4-9,12H2,(H,19,20)(H,23,24). The molecule has 2 fully saturated rings. The number of hydrogen-bond donors (Lipinski definition) is 2. The van der Waals surface area contributed by atoms with Crippen molar-refractivity contribution in [1.82, 2.24) is 15.1 Å². The van der Waals surface area contributed by atoms with E-state index in [1.807, 2.05) is 12.1 Å². The number of benzene rings is 1. The van der Waals surface area contributed by atoms with Crippen LogP contribution in [0, 0.1) is 0 Å². The molecule has 24 heavy (non-hydrogen) atoms. The fourth-order valence-corrected chi connectivity index (χ4v) is 3.29. The van der Waals surface area contributed by atoms with E-state index >= 15 is 0 Å². The molecule has 2 aliphatic rings. The predicted molar refractivity (Wildman–Crippen MR) is 91.5 cm³/mol. The Morgan fingerprint density at radius 1 is 1.21 bits per heavy atom. The lowest BCUT2D eigenvalue weighted by molar-refractivity contribution is 0.0696. The van der Waals surface area contributed by atoms with Gasteiger partial charge in [0.05, 0.1) is 5.56 Å². The van der Waals surface area contributed by atoms with E-state index in [9.17, 15) is 4.79 Å². The van der Waals surface area contributed by atoms with Crippen LogP contribution in [-0.2, 0) is 6.54 Å². The van der Waals surface area contributed by atoms with Gasteiger partial charge in [-0.15, -0.1) is 0 Å². The van der Waals surface area contributed by atoms with Crippen molar-refractivity contribution in [3.63, 3.8) is 0 Å². The van der Waals surface area contributed by atoms with Gasteiger partial charge in [0.25, 0.3) is 0 Å². The number of aromatic carboxylic acids is 1. The van der Waals surface area contributed by atoms with Gasteiger partial charge in [0, 0.05) is 50.4 Å². The number of nitrogens with one attached hydrogen (secondary N) is 1.